The first-order valence-corrected chi connectivity index (χ1v) is 9.89. The molecule has 2 aliphatic rings. The molecule has 1 aromatic heterocycles. The lowest BCUT2D eigenvalue weighted by Gasteiger charge is -2.34. The predicted octanol–water partition coefficient (Wildman–Crippen LogP) is 6.24. The van der Waals surface area contributed by atoms with E-state index in [2.05, 4.69) is 34.4 Å². The summed E-state index contributed by atoms with van der Waals surface area (Å²) < 4.78 is 23.5. The highest BCUT2D eigenvalue weighted by molar-refractivity contribution is 6.09. The van der Waals surface area contributed by atoms with Crippen molar-refractivity contribution in [1.82, 2.24) is 4.98 Å². The van der Waals surface area contributed by atoms with E-state index in [9.17, 15) is 4.39 Å². The minimum absolute atomic E-state index is 0.0945. The van der Waals surface area contributed by atoms with Crippen LogP contribution in [-0.2, 0) is 0 Å². The van der Waals surface area contributed by atoms with Crippen molar-refractivity contribution in [3.8, 4) is 11.6 Å². The zero-order valence-electron chi connectivity index (χ0n) is 15.3. The van der Waals surface area contributed by atoms with Gasteiger partial charge in [-0.05, 0) is 81.3 Å². The Morgan fingerprint density at radius 3 is 2.62 bits per heavy atom. The van der Waals surface area contributed by atoms with E-state index in [0.717, 1.165) is 30.6 Å². The van der Waals surface area contributed by atoms with Gasteiger partial charge in [-0.15, -0.1) is 0 Å². The van der Waals surface area contributed by atoms with Gasteiger partial charge in [0.05, 0.1) is 0 Å². The Morgan fingerprint density at radius 1 is 1.19 bits per heavy atom. The van der Waals surface area contributed by atoms with E-state index in [0.29, 0.717) is 6.61 Å². The summed E-state index contributed by atoms with van der Waals surface area (Å²) in [5, 5.41) is 0. The number of nitrogens with zero attached hydrogens (tertiary/aromatic N) is 1. The van der Waals surface area contributed by atoms with Crippen LogP contribution >= 0.6 is 11.9 Å². The largest absolute Gasteiger partial charge is 0.473 e. The van der Waals surface area contributed by atoms with Gasteiger partial charge in [-0.3, -0.25) is 0 Å². The third-order valence-corrected chi connectivity index (χ3v) is 5.94. The fourth-order valence-corrected chi connectivity index (χ4v) is 4.37. The second-order valence-corrected chi connectivity index (χ2v) is 7.56. The van der Waals surface area contributed by atoms with E-state index in [1.807, 2.05) is 0 Å². The van der Waals surface area contributed by atoms with Crippen LogP contribution in [-0.4, -0.2) is 11.6 Å². The van der Waals surface area contributed by atoms with Crippen molar-refractivity contribution in [3.05, 3.63) is 41.9 Å². The molecule has 0 N–H and O–H groups in total. The summed E-state index contributed by atoms with van der Waals surface area (Å²) >= 11 is 5.15. The van der Waals surface area contributed by atoms with Crippen molar-refractivity contribution in [1.29, 1.82) is 0 Å². The summed E-state index contributed by atoms with van der Waals surface area (Å²) in [5.74, 6) is 1.87. The highest BCUT2D eigenvalue weighted by Crippen LogP contribution is 2.39. The van der Waals surface area contributed by atoms with Crippen LogP contribution in [0.3, 0.4) is 0 Å². The molecule has 2 aliphatic carbocycles. The van der Waals surface area contributed by atoms with Crippen molar-refractivity contribution in [2.75, 3.05) is 6.61 Å². The summed E-state index contributed by atoms with van der Waals surface area (Å²) in [6, 6.07) is 2.98. The zero-order valence-corrected chi connectivity index (χ0v) is 16.1. The number of hydrogen-bond acceptors (Lipinski definition) is 3. The summed E-state index contributed by atoms with van der Waals surface area (Å²) in [6.45, 7) is 2.58. The van der Waals surface area contributed by atoms with Gasteiger partial charge in [-0.2, -0.15) is 9.37 Å². The van der Waals surface area contributed by atoms with Gasteiger partial charge in [0.15, 0.2) is 0 Å². The van der Waals surface area contributed by atoms with Crippen LogP contribution in [0, 0.1) is 23.7 Å². The normalized spacial score (nSPS) is 26.6. The number of rotatable bonds is 6. The zero-order chi connectivity index (χ0) is 18.4. The van der Waals surface area contributed by atoms with E-state index < -0.39 is 5.95 Å². The van der Waals surface area contributed by atoms with Crippen molar-refractivity contribution in [3.63, 3.8) is 0 Å². The third kappa shape index (κ3) is 5.00. The number of allylic oxidation sites excluding steroid dienone is 3. The summed E-state index contributed by atoms with van der Waals surface area (Å²) in [7, 11) is 0. The Kier molecular flexibility index (Phi) is 6.95. The van der Waals surface area contributed by atoms with Crippen LogP contribution in [0.5, 0.6) is 11.6 Å². The average molecular weight is 380 g/mol. The maximum Gasteiger partial charge on any atom is 0.260 e. The molecule has 142 valence electrons. The van der Waals surface area contributed by atoms with Crippen molar-refractivity contribution in [2.24, 2.45) is 17.8 Å². The predicted molar refractivity (Wildman–Crippen MR) is 102 cm³/mol. The lowest BCUT2D eigenvalue weighted by atomic mass is 9.71. The Balaban J connectivity index is 1.45. The maximum atomic E-state index is 13.5. The van der Waals surface area contributed by atoms with Crippen LogP contribution in [0.25, 0.3) is 0 Å². The number of hydrogen-bond donors (Lipinski definition) is 0. The molecule has 0 spiro atoms. The minimum Gasteiger partial charge on any atom is -0.473 e. The SMILES string of the molecule is C/C=C/C1CCC(C2CC=C(COc3ccc(OCl)c(F)n3)CC2)CC1. The maximum absolute atomic E-state index is 13.5. The molecule has 1 atom stereocenters. The molecule has 0 bridgehead atoms. The number of halogens is 2. The van der Waals surface area contributed by atoms with Gasteiger partial charge in [-0.1, -0.05) is 18.2 Å². The highest BCUT2D eigenvalue weighted by Gasteiger charge is 2.27. The van der Waals surface area contributed by atoms with Crippen LogP contribution in [0.4, 0.5) is 4.39 Å². The Labute approximate surface area is 160 Å². The van der Waals surface area contributed by atoms with E-state index in [-0.39, 0.29) is 11.6 Å². The van der Waals surface area contributed by atoms with Gasteiger partial charge < -0.3 is 9.03 Å². The van der Waals surface area contributed by atoms with Gasteiger partial charge in [-0.25, -0.2) is 0 Å². The number of aromatic nitrogens is 1. The van der Waals surface area contributed by atoms with Crippen LogP contribution in [0.1, 0.15) is 51.9 Å². The molecule has 5 heteroatoms. The molecule has 1 fully saturated rings. The molecule has 0 radical (unpaired) electrons. The van der Waals surface area contributed by atoms with Gasteiger partial charge in [0.2, 0.25) is 11.6 Å². The summed E-state index contributed by atoms with van der Waals surface area (Å²) in [6.07, 6.45) is 15.7. The molecular formula is C21H27ClFNO2. The Morgan fingerprint density at radius 2 is 2.00 bits per heavy atom. The highest BCUT2D eigenvalue weighted by atomic mass is 35.5. The molecule has 0 amide bonds. The van der Waals surface area contributed by atoms with Crippen LogP contribution in [0.15, 0.2) is 35.9 Å². The molecule has 26 heavy (non-hydrogen) atoms. The van der Waals surface area contributed by atoms with Gasteiger partial charge >= 0.3 is 0 Å². The molecule has 1 unspecified atom stereocenters. The molecular weight excluding hydrogens is 353 g/mol. The van der Waals surface area contributed by atoms with Gasteiger partial charge in [0, 0.05) is 6.07 Å². The summed E-state index contributed by atoms with van der Waals surface area (Å²) in [4.78, 5) is 3.71. The van der Waals surface area contributed by atoms with Crippen molar-refractivity contribution < 1.29 is 13.4 Å². The molecule has 3 nitrogen and oxygen atoms in total. The second kappa shape index (κ2) is 9.40. The molecule has 1 aromatic rings. The molecule has 1 heterocycles. The Bertz CT molecular complexity index is 653. The first-order valence-electron chi connectivity index (χ1n) is 9.58. The van der Waals surface area contributed by atoms with Crippen molar-refractivity contribution >= 4 is 11.9 Å². The quantitative estimate of drug-likeness (QED) is 0.433. The molecule has 0 aromatic carbocycles. The van der Waals surface area contributed by atoms with E-state index in [4.69, 9.17) is 16.6 Å². The van der Waals surface area contributed by atoms with E-state index in [1.54, 1.807) is 6.07 Å². The standard InChI is InChI=1S/C21H27ClFNO2/c1-2-3-15-4-8-17(9-5-15)18-10-6-16(7-11-18)14-25-20-13-12-19(26-22)21(23)24-20/h2-3,6,12-13,15,17-18H,4-5,7-11,14H2,1H3/b3-2+. The van der Waals surface area contributed by atoms with Gasteiger partial charge in [0.25, 0.3) is 5.95 Å². The van der Waals surface area contributed by atoms with Gasteiger partial charge in [0.1, 0.15) is 18.5 Å². The monoisotopic (exact) mass is 379 g/mol. The van der Waals surface area contributed by atoms with Crippen LogP contribution in [0.2, 0.25) is 0 Å². The Hall–Kier alpha value is -1.55. The summed E-state index contributed by atoms with van der Waals surface area (Å²) in [5.41, 5.74) is 1.28. The average Bonchev–Trinajstić information content (AvgIpc) is 2.68. The molecule has 0 aliphatic heterocycles. The first-order chi connectivity index (χ1) is 12.7. The van der Waals surface area contributed by atoms with E-state index in [1.165, 1.54) is 43.7 Å². The fourth-order valence-electron chi connectivity index (χ4n) is 4.26. The fraction of sp³-hybridized carbons (Fsp3) is 0.571. The van der Waals surface area contributed by atoms with E-state index >= 15 is 0 Å². The van der Waals surface area contributed by atoms with Crippen molar-refractivity contribution in [2.45, 2.75) is 51.9 Å². The number of pyridine rings is 1. The second-order valence-electron chi connectivity index (χ2n) is 7.40. The topological polar surface area (TPSA) is 31.4 Å². The smallest absolute Gasteiger partial charge is 0.260 e. The minimum atomic E-state index is -0.760. The lowest BCUT2D eigenvalue weighted by Crippen LogP contribution is -2.23. The molecule has 3 rings (SSSR count). The number of ether oxygens (including phenoxy) is 1. The first kappa shape index (κ1) is 19.2. The lowest BCUT2D eigenvalue weighted by molar-refractivity contribution is 0.206. The molecule has 0 saturated heterocycles. The molecule has 1 saturated carbocycles. The third-order valence-electron chi connectivity index (χ3n) is 5.77. The van der Waals surface area contributed by atoms with Crippen LogP contribution < -0.4 is 9.03 Å².